The number of methoxy groups -OCH3 is 1. The van der Waals surface area contributed by atoms with E-state index in [4.69, 9.17) is 4.74 Å². The normalized spacial score (nSPS) is 16.5. The molecule has 8 nitrogen and oxygen atoms in total. The first-order chi connectivity index (χ1) is 13.1. The predicted octanol–water partition coefficient (Wildman–Crippen LogP) is 0.770. The molecule has 0 aromatic carbocycles. The van der Waals surface area contributed by atoms with Crippen molar-refractivity contribution in [1.29, 1.82) is 0 Å². The molecule has 1 amide bonds. The van der Waals surface area contributed by atoms with E-state index in [-0.39, 0.29) is 17.4 Å². The van der Waals surface area contributed by atoms with Crippen molar-refractivity contribution in [3.8, 4) is 0 Å². The quantitative estimate of drug-likeness (QED) is 0.715. The monoisotopic (exact) mass is 371 g/mol. The Morgan fingerprint density at radius 2 is 2.26 bits per heavy atom. The minimum absolute atomic E-state index is 0.0809. The summed E-state index contributed by atoms with van der Waals surface area (Å²) in [5.41, 5.74) is 1.61. The largest absolute Gasteiger partial charge is 0.383 e. The van der Waals surface area contributed by atoms with Gasteiger partial charge in [0.15, 0.2) is 0 Å². The summed E-state index contributed by atoms with van der Waals surface area (Å²) < 4.78 is 6.36. The number of carbonyl (C=O) groups is 1. The summed E-state index contributed by atoms with van der Waals surface area (Å²) in [5.74, 6) is 0.0327. The summed E-state index contributed by atoms with van der Waals surface area (Å²) in [4.78, 5) is 32.8. The second-order valence-electron chi connectivity index (χ2n) is 6.76. The van der Waals surface area contributed by atoms with E-state index in [9.17, 15) is 9.59 Å². The molecule has 144 valence electrons. The van der Waals surface area contributed by atoms with Gasteiger partial charge in [-0.05, 0) is 18.1 Å². The van der Waals surface area contributed by atoms with E-state index in [0.29, 0.717) is 26.2 Å². The summed E-state index contributed by atoms with van der Waals surface area (Å²) in [6.07, 6.45) is 5.94. The van der Waals surface area contributed by atoms with Gasteiger partial charge in [-0.1, -0.05) is 6.07 Å². The summed E-state index contributed by atoms with van der Waals surface area (Å²) >= 11 is 0. The standard InChI is InChI=1S/C19H25N5O3/c1-22(13-15-4-3-6-20-11-15)19(26)16-5-7-23(14-16)17-10-18(25)24(21-12-17)8-9-27-2/h3-4,6,10-12,16H,5,7-9,13-14H2,1-2H3. The van der Waals surface area contributed by atoms with Gasteiger partial charge in [0.05, 0.1) is 31.0 Å². The van der Waals surface area contributed by atoms with Gasteiger partial charge in [0.2, 0.25) is 5.91 Å². The zero-order valence-electron chi connectivity index (χ0n) is 15.7. The highest BCUT2D eigenvalue weighted by Crippen LogP contribution is 2.24. The minimum Gasteiger partial charge on any atom is -0.383 e. The van der Waals surface area contributed by atoms with Crippen molar-refractivity contribution in [3.05, 3.63) is 52.7 Å². The van der Waals surface area contributed by atoms with Crippen LogP contribution in [0.2, 0.25) is 0 Å². The van der Waals surface area contributed by atoms with Crippen molar-refractivity contribution in [1.82, 2.24) is 19.7 Å². The molecule has 1 fully saturated rings. The third-order valence-corrected chi connectivity index (χ3v) is 4.78. The van der Waals surface area contributed by atoms with Gasteiger partial charge in [-0.15, -0.1) is 0 Å². The summed E-state index contributed by atoms with van der Waals surface area (Å²) in [7, 11) is 3.41. The third-order valence-electron chi connectivity index (χ3n) is 4.78. The molecule has 1 saturated heterocycles. The van der Waals surface area contributed by atoms with E-state index < -0.39 is 0 Å². The van der Waals surface area contributed by atoms with E-state index in [1.54, 1.807) is 36.7 Å². The van der Waals surface area contributed by atoms with Crippen LogP contribution < -0.4 is 10.5 Å². The Hall–Kier alpha value is -2.74. The van der Waals surface area contributed by atoms with Gasteiger partial charge in [0.1, 0.15) is 0 Å². The molecule has 27 heavy (non-hydrogen) atoms. The maximum absolute atomic E-state index is 12.7. The summed E-state index contributed by atoms with van der Waals surface area (Å²) in [6.45, 7) is 2.74. The van der Waals surface area contributed by atoms with Crippen molar-refractivity contribution < 1.29 is 9.53 Å². The maximum atomic E-state index is 12.7. The average Bonchev–Trinajstić information content (AvgIpc) is 3.17. The molecule has 0 bridgehead atoms. The number of amides is 1. The van der Waals surface area contributed by atoms with E-state index in [2.05, 4.69) is 15.0 Å². The van der Waals surface area contributed by atoms with Crippen LogP contribution >= 0.6 is 0 Å². The number of carbonyl (C=O) groups excluding carboxylic acids is 1. The van der Waals surface area contributed by atoms with Gasteiger partial charge in [-0.25, -0.2) is 4.68 Å². The molecule has 0 saturated carbocycles. The topological polar surface area (TPSA) is 80.6 Å². The molecule has 3 rings (SSSR count). The molecule has 0 spiro atoms. The highest BCUT2D eigenvalue weighted by atomic mass is 16.5. The SMILES string of the molecule is COCCn1ncc(N2CCC(C(=O)N(C)Cc3cccnc3)C2)cc1=O. The Morgan fingerprint density at radius 1 is 1.41 bits per heavy atom. The zero-order valence-corrected chi connectivity index (χ0v) is 15.7. The molecule has 1 atom stereocenters. The average molecular weight is 371 g/mol. The minimum atomic E-state index is -0.159. The number of hydrogen-bond donors (Lipinski definition) is 0. The van der Waals surface area contributed by atoms with Gasteiger partial charge < -0.3 is 14.5 Å². The molecule has 0 radical (unpaired) electrons. The van der Waals surface area contributed by atoms with Crippen molar-refractivity contribution in [3.63, 3.8) is 0 Å². The number of anilines is 1. The van der Waals surface area contributed by atoms with Crippen molar-refractivity contribution in [2.24, 2.45) is 5.92 Å². The number of rotatable bonds is 7. The lowest BCUT2D eigenvalue weighted by Crippen LogP contribution is -2.34. The molecule has 2 aromatic rings. The number of hydrogen-bond acceptors (Lipinski definition) is 6. The van der Waals surface area contributed by atoms with Crippen molar-refractivity contribution >= 4 is 11.6 Å². The van der Waals surface area contributed by atoms with Gasteiger partial charge in [-0.2, -0.15) is 5.10 Å². The van der Waals surface area contributed by atoms with Crippen LogP contribution in [-0.4, -0.2) is 59.4 Å². The molecule has 3 heterocycles. The lowest BCUT2D eigenvalue weighted by atomic mass is 10.1. The molecule has 2 aromatic heterocycles. The van der Waals surface area contributed by atoms with Crippen LogP contribution in [0.5, 0.6) is 0 Å². The fourth-order valence-electron chi connectivity index (χ4n) is 3.29. The lowest BCUT2D eigenvalue weighted by Gasteiger charge is -2.22. The number of pyridine rings is 1. The highest BCUT2D eigenvalue weighted by Gasteiger charge is 2.30. The Kier molecular flexibility index (Phi) is 6.18. The number of nitrogens with zero attached hydrogens (tertiary/aromatic N) is 5. The van der Waals surface area contributed by atoms with E-state index in [1.807, 2.05) is 19.2 Å². The predicted molar refractivity (Wildman–Crippen MR) is 101 cm³/mol. The van der Waals surface area contributed by atoms with Gasteiger partial charge in [0.25, 0.3) is 5.56 Å². The molecular formula is C19H25N5O3. The van der Waals surface area contributed by atoms with Crippen LogP contribution in [0.4, 0.5) is 5.69 Å². The third kappa shape index (κ3) is 4.71. The molecule has 1 unspecified atom stereocenters. The van der Waals surface area contributed by atoms with Crippen molar-refractivity contribution in [2.45, 2.75) is 19.5 Å². The Balaban J connectivity index is 1.60. The second-order valence-corrected chi connectivity index (χ2v) is 6.76. The van der Waals surface area contributed by atoms with Crippen LogP contribution in [0.3, 0.4) is 0 Å². The Bertz CT molecular complexity index is 824. The number of aromatic nitrogens is 3. The van der Waals surface area contributed by atoms with Crippen LogP contribution in [0.15, 0.2) is 41.6 Å². The molecule has 0 aliphatic carbocycles. The fraction of sp³-hybridized carbons (Fsp3) is 0.474. The van der Waals surface area contributed by atoms with E-state index in [1.165, 1.54) is 4.68 Å². The van der Waals surface area contributed by atoms with Crippen LogP contribution in [0.1, 0.15) is 12.0 Å². The molecule has 8 heteroatoms. The lowest BCUT2D eigenvalue weighted by molar-refractivity contribution is -0.134. The molecular weight excluding hydrogens is 346 g/mol. The second kappa shape index (κ2) is 8.77. The first kappa shape index (κ1) is 19.0. The zero-order chi connectivity index (χ0) is 19.2. The summed E-state index contributed by atoms with van der Waals surface area (Å²) in [6, 6.07) is 5.41. The highest BCUT2D eigenvalue weighted by molar-refractivity contribution is 5.80. The van der Waals surface area contributed by atoms with Gasteiger partial charge in [-0.3, -0.25) is 14.6 Å². The van der Waals surface area contributed by atoms with Crippen LogP contribution in [-0.2, 0) is 22.6 Å². The molecule has 0 N–H and O–H groups in total. The van der Waals surface area contributed by atoms with Crippen LogP contribution in [0, 0.1) is 5.92 Å². The smallest absolute Gasteiger partial charge is 0.268 e. The van der Waals surface area contributed by atoms with Crippen molar-refractivity contribution in [2.75, 3.05) is 38.8 Å². The van der Waals surface area contributed by atoms with E-state index >= 15 is 0 Å². The van der Waals surface area contributed by atoms with Gasteiger partial charge in [0, 0.05) is 52.3 Å². The first-order valence-electron chi connectivity index (χ1n) is 9.03. The number of ether oxygens (including phenoxy) is 1. The summed E-state index contributed by atoms with van der Waals surface area (Å²) in [5, 5.41) is 4.20. The fourth-order valence-corrected chi connectivity index (χ4v) is 3.29. The first-order valence-corrected chi connectivity index (χ1v) is 9.03. The van der Waals surface area contributed by atoms with Crippen LogP contribution in [0.25, 0.3) is 0 Å². The van der Waals surface area contributed by atoms with Gasteiger partial charge >= 0.3 is 0 Å². The Morgan fingerprint density at radius 3 is 2.96 bits per heavy atom. The Labute approximate surface area is 158 Å². The maximum Gasteiger partial charge on any atom is 0.268 e. The molecule has 1 aliphatic heterocycles. The molecule has 1 aliphatic rings. The van der Waals surface area contributed by atoms with E-state index in [0.717, 1.165) is 24.2 Å².